The lowest BCUT2D eigenvalue weighted by Gasteiger charge is -2.23. The van der Waals surface area contributed by atoms with Crippen LogP contribution in [0.25, 0.3) is 0 Å². The van der Waals surface area contributed by atoms with E-state index in [1.54, 1.807) is 20.8 Å². The standard InChI is InChI=1S/C10H19N3O4S/c1-7(2)9(10(14)15)12-18(16,17)13(4)6-8(3)5-11/h7-9,12H,6H2,1-4H3,(H,14,15)/t8?,9-/m0/s1. The second-order valence-electron chi connectivity index (χ2n) is 4.49. The molecule has 0 aliphatic heterocycles. The van der Waals surface area contributed by atoms with Gasteiger partial charge in [-0.1, -0.05) is 13.8 Å². The number of carboxylic acids is 1. The van der Waals surface area contributed by atoms with Gasteiger partial charge in [0.2, 0.25) is 0 Å². The quantitative estimate of drug-likeness (QED) is 0.681. The van der Waals surface area contributed by atoms with Crippen LogP contribution in [-0.2, 0) is 15.0 Å². The summed E-state index contributed by atoms with van der Waals surface area (Å²) in [6.07, 6.45) is 0. The predicted octanol–water partition coefficient (Wildman–Crippen LogP) is 0.0215. The summed E-state index contributed by atoms with van der Waals surface area (Å²) in [5, 5.41) is 17.5. The summed E-state index contributed by atoms with van der Waals surface area (Å²) < 4.78 is 26.7. The van der Waals surface area contributed by atoms with Crippen LogP contribution in [-0.4, -0.2) is 43.4 Å². The first kappa shape index (κ1) is 16.8. The van der Waals surface area contributed by atoms with Crippen LogP contribution < -0.4 is 4.72 Å². The SMILES string of the molecule is CC(C#N)CN(C)S(=O)(=O)N[C@H](C(=O)O)C(C)C. The molecule has 2 N–H and O–H groups in total. The minimum absolute atomic E-state index is 0.0102. The number of nitrogens with one attached hydrogen (secondary N) is 1. The fourth-order valence-corrected chi connectivity index (χ4v) is 2.54. The molecule has 0 bridgehead atoms. The summed E-state index contributed by atoms with van der Waals surface area (Å²) in [5.74, 6) is -2.07. The Morgan fingerprint density at radius 1 is 1.44 bits per heavy atom. The Morgan fingerprint density at radius 3 is 2.28 bits per heavy atom. The zero-order valence-electron chi connectivity index (χ0n) is 10.9. The van der Waals surface area contributed by atoms with E-state index in [0.29, 0.717) is 0 Å². The van der Waals surface area contributed by atoms with Crippen LogP contribution in [0.4, 0.5) is 0 Å². The van der Waals surface area contributed by atoms with Gasteiger partial charge in [-0.05, 0) is 12.8 Å². The van der Waals surface area contributed by atoms with Crippen molar-refractivity contribution < 1.29 is 18.3 Å². The van der Waals surface area contributed by atoms with Crippen LogP contribution in [0.5, 0.6) is 0 Å². The summed E-state index contributed by atoms with van der Waals surface area (Å²) >= 11 is 0. The third-order valence-corrected chi connectivity index (χ3v) is 3.89. The fraction of sp³-hybridized carbons (Fsp3) is 0.800. The third kappa shape index (κ3) is 5.00. The minimum Gasteiger partial charge on any atom is -0.480 e. The fourth-order valence-electron chi connectivity index (χ4n) is 1.25. The molecule has 0 aromatic heterocycles. The molecule has 8 heteroatoms. The molecule has 0 rings (SSSR count). The molecule has 0 heterocycles. The number of nitriles is 1. The molecule has 0 aliphatic rings. The number of hydrogen-bond donors (Lipinski definition) is 2. The van der Waals surface area contributed by atoms with Gasteiger partial charge in [-0.15, -0.1) is 0 Å². The normalized spacial score (nSPS) is 15.4. The molecule has 2 atom stereocenters. The number of nitrogens with zero attached hydrogens (tertiary/aromatic N) is 2. The molecule has 7 nitrogen and oxygen atoms in total. The van der Waals surface area contributed by atoms with Crippen LogP contribution >= 0.6 is 0 Å². The van der Waals surface area contributed by atoms with E-state index in [9.17, 15) is 13.2 Å². The van der Waals surface area contributed by atoms with Crippen molar-refractivity contribution in [3.05, 3.63) is 0 Å². The van der Waals surface area contributed by atoms with Gasteiger partial charge < -0.3 is 5.11 Å². The van der Waals surface area contributed by atoms with E-state index in [2.05, 4.69) is 4.72 Å². The molecule has 0 amide bonds. The van der Waals surface area contributed by atoms with Crippen molar-refractivity contribution in [2.45, 2.75) is 26.8 Å². The molecule has 0 aromatic carbocycles. The molecular weight excluding hydrogens is 258 g/mol. The van der Waals surface area contributed by atoms with Crippen LogP contribution in [0.1, 0.15) is 20.8 Å². The van der Waals surface area contributed by atoms with Gasteiger partial charge in [0.05, 0.1) is 12.0 Å². The summed E-state index contributed by atoms with van der Waals surface area (Å²) in [4.78, 5) is 10.9. The number of hydrogen-bond acceptors (Lipinski definition) is 4. The highest BCUT2D eigenvalue weighted by Gasteiger charge is 2.29. The zero-order chi connectivity index (χ0) is 14.5. The first-order valence-corrected chi connectivity index (χ1v) is 6.91. The predicted molar refractivity (Wildman–Crippen MR) is 65.7 cm³/mol. The first-order valence-electron chi connectivity index (χ1n) is 5.47. The Bertz CT molecular complexity index is 427. The van der Waals surface area contributed by atoms with Crippen molar-refractivity contribution >= 4 is 16.2 Å². The highest BCUT2D eigenvalue weighted by Crippen LogP contribution is 2.07. The van der Waals surface area contributed by atoms with Crippen molar-refractivity contribution in [1.82, 2.24) is 9.03 Å². The molecule has 18 heavy (non-hydrogen) atoms. The van der Waals surface area contributed by atoms with E-state index in [-0.39, 0.29) is 12.5 Å². The van der Waals surface area contributed by atoms with Gasteiger partial charge in [0.15, 0.2) is 0 Å². The van der Waals surface area contributed by atoms with Gasteiger partial charge in [-0.3, -0.25) is 4.79 Å². The van der Waals surface area contributed by atoms with Gasteiger partial charge in [-0.25, -0.2) is 0 Å². The zero-order valence-corrected chi connectivity index (χ0v) is 11.7. The van der Waals surface area contributed by atoms with Gasteiger partial charge in [0, 0.05) is 13.6 Å². The first-order chi connectivity index (χ1) is 8.11. The van der Waals surface area contributed by atoms with Crippen molar-refractivity contribution in [3.8, 4) is 6.07 Å². The van der Waals surface area contributed by atoms with Gasteiger partial charge in [-0.2, -0.15) is 22.7 Å². The van der Waals surface area contributed by atoms with E-state index in [0.717, 1.165) is 4.31 Å². The smallest absolute Gasteiger partial charge is 0.322 e. The lowest BCUT2D eigenvalue weighted by atomic mass is 10.1. The Morgan fingerprint density at radius 2 is 1.94 bits per heavy atom. The average molecular weight is 277 g/mol. The van der Waals surface area contributed by atoms with Crippen LogP contribution in [0.2, 0.25) is 0 Å². The van der Waals surface area contributed by atoms with E-state index >= 15 is 0 Å². The number of rotatable bonds is 7. The second-order valence-corrected chi connectivity index (χ2v) is 6.30. The number of carbonyl (C=O) groups is 1. The van der Waals surface area contributed by atoms with Crippen LogP contribution in [0, 0.1) is 23.2 Å². The van der Waals surface area contributed by atoms with Crippen molar-refractivity contribution in [2.24, 2.45) is 11.8 Å². The molecule has 0 spiro atoms. The Hall–Kier alpha value is -1.17. The van der Waals surface area contributed by atoms with Gasteiger partial charge in [0.1, 0.15) is 6.04 Å². The Balaban J connectivity index is 4.84. The molecule has 0 aliphatic carbocycles. The number of carboxylic acid groups (broad SMARTS) is 1. The van der Waals surface area contributed by atoms with Crippen LogP contribution in [0.15, 0.2) is 0 Å². The van der Waals surface area contributed by atoms with Crippen molar-refractivity contribution in [3.63, 3.8) is 0 Å². The molecule has 1 unspecified atom stereocenters. The maximum Gasteiger partial charge on any atom is 0.322 e. The molecule has 0 aromatic rings. The van der Waals surface area contributed by atoms with Crippen LogP contribution in [0.3, 0.4) is 0 Å². The molecule has 104 valence electrons. The molecule has 0 saturated heterocycles. The maximum atomic E-state index is 11.8. The maximum absolute atomic E-state index is 11.8. The molecular formula is C10H19N3O4S. The molecule has 0 saturated carbocycles. The average Bonchev–Trinajstić information content (AvgIpc) is 2.24. The summed E-state index contributed by atoms with van der Waals surface area (Å²) in [6.45, 7) is 4.82. The molecule has 0 radical (unpaired) electrons. The lowest BCUT2D eigenvalue weighted by Crippen LogP contribution is -2.50. The van der Waals surface area contributed by atoms with Gasteiger partial charge >= 0.3 is 5.97 Å². The minimum atomic E-state index is -3.90. The Kier molecular flexibility index (Phi) is 6.25. The van der Waals surface area contributed by atoms with E-state index < -0.39 is 28.1 Å². The summed E-state index contributed by atoms with van der Waals surface area (Å²) in [6, 6.07) is 0.731. The largest absolute Gasteiger partial charge is 0.480 e. The molecule has 0 fully saturated rings. The lowest BCUT2D eigenvalue weighted by molar-refractivity contribution is -0.140. The van der Waals surface area contributed by atoms with E-state index in [4.69, 9.17) is 10.4 Å². The van der Waals surface area contributed by atoms with E-state index in [1.165, 1.54) is 7.05 Å². The van der Waals surface area contributed by atoms with Gasteiger partial charge in [0.25, 0.3) is 10.2 Å². The number of aliphatic carboxylic acids is 1. The monoisotopic (exact) mass is 277 g/mol. The summed E-state index contributed by atoms with van der Waals surface area (Å²) in [7, 11) is -2.60. The summed E-state index contributed by atoms with van der Waals surface area (Å²) in [5.41, 5.74) is 0. The van der Waals surface area contributed by atoms with E-state index in [1.807, 2.05) is 6.07 Å². The third-order valence-electron chi connectivity index (χ3n) is 2.37. The highest BCUT2D eigenvalue weighted by atomic mass is 32.2. The highest BCUT2D eigenvalue weighted by molar-refractivity contribution is 7.87. The topological polar surface area (TPSA) is 111 Å². The second kappa shape index (κ2) is 6.68. The van der Waals surface area contributed by atoms with Crippen molar-refractivity contribution in [2.75, 3.05) is 13.6 Å². The Labute approximate surface area is 108 Å². The van der Waals surface area contributed by atoms with Crippen molar-refractivity contribution in [1.29, 1.82) is 5.26 Å².